The van der Waals surface area contributed by atoms with Crippen LogP contribution in [0.4, 0.5) is 20.4 Å². The van der Waals surface area contributed by atoms with Crippen LogP contribution in [0.1, 0.15) is 19.5 Å². The Bertz CT molecular complexity index is 1420. The van der Waals surface area contributed by atoms with Crippen molar-refractivity contribution in [1.29, 1.82) is 5.26 Å². The predicted octanol–water partition coefficient (Wildman–Crippen LogP) is 3.97. The minimum absolute atomic E-state index is 0.0976. The second-order valence-corrected chi connectivity index (χ2v) is 9.04. The van der Waals surface area contributed by atoms with Crippen molar-refractivity contribution >= 4 is 17.2 Å². The summed E-state index contributed by atoms with van der Waals surface area (Å²) in [5.74, 6) is 1.43. The molecule has 0 atom stereocenters. The number of nitrogens with zero attached hydrogens (tertiary/aromatic N) is 6. The highest BCUT2D eigenvalue weighted by molar-refractivity contribution is 5.75. The van der Waals surface area contributed by atoms with E-state index in [1.54, 1.807) is 30.6 Å². The van der Waals surface area contributed by atoms with Crippen molar-refractivity contribution in [1.82, 2.24) is 29.7 Å². The van der Waals surface area contributed by atoms with Crippen molar-refractivity contribution in [2.24, 2.45) is 5.41 Å². The van der Waals surface area contributed by atoms with Gasteiger partial charge in [0.15, 0.2) is 11.6 Å². The zero-order valence-corrected chi connectivity index (χ0v) is 19.7. The summed E-state index contributed by atoms with van der Waals surface area (Å²) in [6.07, 6.45) is 3.08. The maximum Gasteiger partial charge on any atom is 0.388 e. The van der Waals surface area contributed by atoms with Crippen LogP contribution in [0.15, 0.2) is 42.7 Å². The highest BCUT2D eigenvalue weighted by atomic mass is 19.3. The number of halogens is 2. The maximum absolute atomic E-state index is 12.8. The number of pyridine rings is 2. The van der Waals surface area contributed by atoms with Gasteiger partial charge >= 0.3 is 6.61 Å². The number of alkyl halides is 2. The van der Waals surface area contributed by atoms with Crippen molar-refractivity contribution in [3.05, 3.63) is 48.4 Å². The molecule has 1 aliphatic heterocycles. The summed E-state index contributed by atoms with van der Waals surface area (Å²) in [5.41, 5.74) is 2.30. The molecule has 0 aliphatic carbocycles. The Morgan fingerprint density at radius 1 is 1.22 bits per heavy atom. The number of aromatic nitrogens is 5. The summed E-state index contributed by atoms with van der Waals surface area (Å²) in [6.45, 7) is 3.03. The average molecular weight is 495 g/mol. The summed E-state index contributed by atoms with van der Waals surface area (Å²) < 4.78 is 39.6. The monoisotopic (exact) mass is 494 g/mol. The van der Waals surface area contributed by atoms with Crippen LogP contribution < -0.4 is 20.1 Å². The molecule has 0 saturated carbocycles. The first kappa shape index (κ1) is 23.5. The van der Waals surface area contributed by atoms with Gasteiger partial charge in [0, 0.05) is 43.0 Å². The molecule has 4 aromatic rings. The Balaban J connectivity index is 1.45. The number of anilines is 2. The fraction of sp³-hybridized carbons (Fsp3) is 0.333. The van der Waals surface area contributed by atoms with Gasteiger partial charge in [0.1, 0.15) is 12.4 Å². The van der Waals surface area contributed by atoms with E-state index in [-0.39, 0.29) is 12.5 Å². The zero-order chi connectivity index (χ0) is 25.3. The third-order valence-corrected chi connectivity index (χ3v) is 5.64. The van der Waals surface area contributed by atoms with Gasteiger partial charge in [-0.15, -0.1) is 0 Å². The summed E-state index contributed by atoms with van der Waals surface area (Å²) in [5, 5.41) is 25.0. The highest BCUT2D eigenvalue weighted by Gasteiger charge is 2.20. The lowest BCUT2D eigenvalue weighted by atomic mass is 9.97. The van der Waals surface area contributed by atoms with Crippen molar-refractivity contribution in [3.8, 4) is 28.8 Å². The molecule has 5 heterocycles. The van der Waals surface area contributed by atoms with E-state index in [4.69, 9.17) is 4.74 Å². The predicted molar refractivity (Wildman–Crippen MR) is 127 cm³/mol. The van der Waals surface area contributed by atoms with Crippen molar-refractivity contribution in [3.63, 3.8) is 0 Å². The molecule has 2 N–H and O–H groups in total. The summed E-state index contributed by atoms with van der Waals surface area (Å²) in [4.78, 5) is 3.92. The molecule has 0 fully saturated rings. The van der Waals surface area contributed by atoms with Crippen LogP contribution in [-0.2, 0) is 13.1 Å². The van der Waals surface area contributed by atoms with E-state index >= 15 is 0 Å². The van der Waals surface area contributed by atoms with E-state index < -0.39 is 12.0 Å². The van der Waals surface area contributed by atoms with Gasteiger partial charge < -0.3 is 20.1 Å². The normalized spacial score (nSPS) is 13.4. The number of rotatable bonds is 8. The molecule has 0 aromatic carbocycles. The molecule has 4 aromatic heterocycles. The van der Waals surface area contributed by atoms with E-state index in [0.717, 1.165) is 30.8 Å². The second kappa shape index (κ2) is 9.43. The molecular weight excluding hydrogens is 470 g/mol. The molecule has 186 valence electrons. The van der Waals surface area contributed by atoms with Gasteiger partial charge in [0.05, 0.1) is 35.4 Å². The smallest absolute Gasteiger partial charge is 0.388 e. The first-order valence-electron chi connectivity index (χ1n) is 11.3. The number of ether oxygens (including phenoxy) is 2. The number of nitrogens with one attached hydrogen (secondary N) is 2. The number of fused-ring (bicyclic) bond motifs is 2. The Morgan fingerprint density at radius 2 is 2.06 bits per heavy atom. The van der Waals surface area contributed by atoms with E-state index in [0.29, 0.717) is 28.5 Å². The lowest BCUT2D eigenvalue weighted by molar-refractivity contribution is -0.0528. The fourth-order valence-electron chi connectivity index (χ4n) is 3.82. The lowest BCUT2D eigenvalue weighted by Crippen LogP contribution is -2.28. The average Bonchev–Trinajstić information content (AvgIpc) is 3.45. The molecule has 36 heavy (non-hydrogen) atoms. The number of hydrogen-bond donors (Lipinski definition) is 2. The Hall–Kier alpha value is -4.24. The van der Waals surface area contributed by atoms with Crippen LogP contribution >= 0.6 is 0 Å². The standard InChI is InChI=1S/C24H24F2N8O2/c1-24(2,13-27)14-35-19-12-29-22(36-23(25)26)10-18(19)15-3-5-33-16(7-15)8-20(31-33)30-21-9-17-11-28-4-6-34(17)32-21/h3,5,7-10,12,23,28H,4,6,11,14H2,1-2H3,(H,30,31,32). The van der Waals surface area contributed by atoms with Gasteiger partial charge in [-0.1, -0.05) is 0 Å². The van der Waals surface area contributed by atoms with E-state index in [1.807, 2.05) is 22.9 Å². The highest BCUT2D eigenvalue weighted by Crippen LogP contribution is 2.34. The van der Waals surface area contributed by atoms with Gasteiger partial charge in [-0.3, -0.25) is 4.68 Å². The van der Waals surface area contributed by atoms with Crippen molar-refractivity contribution in [2.75, 3.05) is 18.5 Å². The molecule has 12 heteroatoms. The van der Waals surface area contributed by atoms with Crippen molar-refractivity contribution in [2.45, 2.75) is 33.5 Å². The fourth-order valence-corrected chi connectivity index (χ4v) is 3.82. The Labute approximate surface area is 205 Å². The molecule has 0 spiro atoms. The quantitative estimate of drug-likeness (QED) is 0.378. The maximum atomic E-state index is 12.8. The van der Waals surface area contributed by atoms with Gasteiger partial charge in [0.2, 0.25) is 5.88 Å². The van der Waals surface area contributed by atoms with Crippen LogP contribution in [0.2, 0.25) is 0 Å². The van der Waals surface area contributed by atoms with Crippen LogP contribution in [0.25, 0.3) is 16.6 Å². The van der Waals surface area contributed by atoms with Gasteiger partial charge in [-0.25, -0.2) is 9.50 Å². The molecule has 0 bridgehead atoms. The van der Waals surface area contributed by atoms with Crippen LogP contribution in [0.5, 0.6) is 11.6 Å². The molecule has 10 nitrogen and oxygen atoms in total. The first-order chi connectivity index (χ1) is 17.3. The van der Waals surface area contributed by atoms with E-state index in [1.165, 1.54) is 12.3 Å². The number of nitriles is 1. The first-order valence-corrected chi connectivity index (χ1v) is 11.3. The topological polar surface area (TPSA) is 114 Å². The molecule has 5 rings (SSSR count). The second-order valence-electron chi connectivity index (χ2n) is 9.04. The lowest BCUT2D eigenvalue weighted by Gasteiger charge is -2.18. The van der Waals surface area contributed by atoms with E-state index in [2.05, 4.69) is 36.6 Å². The zero-order valence-electron chi connectivity index (χ0n) is 19.7. The molecule has 1 aliphatic rings. The Kier molecular flexibility index (Phi) is 6.15. The Morgan fingerprint density at radius 3 is 2.83 bits per heavy atom. The van der Waals surface area contributed by atoms with E-state index in [9.17, 15) is 14.0 Å². The third kappa shape index (κ3) is 5.06. The van der Waals surface area contributed by atoms with Gasteiger partial charge in [-0.05, 0) is 31.5 Å². The SMILES string of the molecule is CC(C)(C#N)COc1cnc(OC(F)F)cc1-c1ccn2nc(Nc3cc4n(n3)CCNC4)cc2c1. The van der Waals surface area contributed by atoms with Crippen LogP contribution in [-0.4, -0.2) is 44.1 Å². The largest absolute Gasteiger partial charge is 0.490 e. The van der Waals surface area contributed by atoms with Crippen molar-refractivity contribution < 1.29 is 18.3 Å². The summed E-state index contributed by atoms with van der Waals surface area (Å²) in [6, 6.07) is 11.0. The summed E-state index contributed by atoms with van der Waals surface area (Å²) >= 11 is 0. The minimum atomic E-state index is -3.01. The minimum Gasteiger partial charge on any atom is -0.490 e. The van der Waals surface area contributed by atoms with Crippen LogP contribution in [0, 0.1) is 16.7 Å². The molecule has 0 saturated heterocycles. The van der Waals surface area contributed by atoms with Gasteiger partial charge in [-0.2, -0.15) is 24.2 Å². The third-order valence-electron chi connectivity index (χ3n) is 5.64. The van der Waals surface area contributed by atoms with Gasteiger partial charge in [0.25, 0.3) is 0 Å². The number of hydrogen-bond acceptors (Lipinski definition) is 8. The molecule has 0 unspecified atom stereocenters. The molecule has 0 amide bonds. The molecule has 0 radical (unpaired) electrons. The molecular formula is C24H24F2N8O2. The van der Waals surface area contributed by atoms with Crippen LogP contribution in [0.3, 0.4) is 0 Å². The summed E-state index contributed by atoms with van der Waals surface area (Å²) in [7, 11) is 0.